The number of rotatable bonds is 6. The van der Waals surface area contributed by atoms with Crippen LogP contribution in [0.15, 0.2) is 42.5 Å². The lowest BCUT2D eigenvalue weighted by molar-refractivity contribution is -0.288. The van der Waals surface area contributed by atoms with E-state index in [1.54, 1.807) is 38.2 Å². The van der Waals surface area contributed by atoms with Gasteiger partial charge in [0.25, 0.3) is 5.91 Å². The molecule has 6 atom stereocenters. The van der Waals surface area contributed by atoms with E-state index >= 15 is 0 Å². The molecule has 1 amide bonds. The first kappa shape index (κ1) is 23.2. The van der Waals surface area contributed by atoms with Crippen molar-refractivity contribution >= 4 is 5.91 Å². The molecule has 1 fully saturated rings. The molecule has 168 valence electrons. The van der Waals surface area contributed by atoms with Crippen molar-refractivity contribution in [2.75, 3.05) is 7.05 Å². The van der Waals surface area contributed by atoms with Gasteiger partial charge in [-0.1, -0.05) is 25.1 Å². The quantitative estimate of drug-likeness (QED) is 0.461. The SMILES string of the molecule is CCC(O)C1O[C@H](Oc2ccc(-c3cccc(C(=O)NC)c3)cc2C)C(O)C(O)[C@@H]1O. The molecule has 1 aliphatic heterocycles. The summed E-state index contributed by atoms with van der Waals surface area (Å²) in [5, 5.41) is 43.2. The molecule has 5 N–H and O–H groups in total. The highest BCUT2D eigenvalue weighted by atomic mass is 16.7. The van der Waals surface area contributed by atoms with Gasteiger partial charge in [0, 0.05) is 12.6 Å². The molecule has 0 saturated carbocycles. The highest BCUT2D eigenvalue weighted by Crippen LogP contribution is 2.31. The van der Waals surface area contributed by atoms with E-state index < -0.39 is 36.8 Å². The third-order valence-corrected chi connectivity index (χ3v) is 5.51. The van der Waals surface area contributed by atoms with Crippen molar-refractivity contribution in [2.45, 2.75) is 57.1 Å². The number of carbonyl (C=O) groups is 1. The number of hydrogen-bond acceptors (Lipinski definition) is 7. The van der Waals surface area contributed by atoms with Crippen LogP contribution >= 0.6 is 0 Å². The summed E-state index contributed by atoms with van der Waals surface area (Å²) in [4.78, 5) is 11.9. The van der Waals surface area contributed by atoms with Gasteiger partial charge in [-0.2, -0.15) is 0 Å². The van der Waals surface area contributed by atoms with Crippen molar-refractivity contribution in [1.29, 1.82) is 0 Å². The molecule has 3 rings (SSSR count). The van der Waals surface area contributed by atoms with Gasteiger partial charge in [-0.3, -0.25) is 4.79 Å². The Bertz CT molecular complexity index is 919. The smallest absolute Gasteiger partial charge is 0.251 e. The molecule has 31 heavy (non-hydrogen) atoms. The largest absolute Gasteiger partial charge is 0.462 e. The minimum atomic E-state index is -1.52. The minimum Gasteiger partial charge on any atom is -0.462 e. The molecule has 2 aromatic rings. The standard InChI is InChI=1S/C23H29NO7/c1-4-16(25)21-19(27)18(26)20(28)23(31-21)30-17-9-8-14(10-12(17)2)13-6-5-7-15(11-13)22(29)24-3/h5-11,16,18-21,23,25-28H,4H2,1-3H3,(H,24,29)/t16?,18?,19-,20?,21?,23-/m0/s1. The molecule has 2 aromatic carbocycles. The van der Waals surface area contributed by atoms with Gasteiger partial charge in [-0.25, -0.2) is 0 Å². The van der Waals surface area contributed by atoms with Crippen molar-refractivity contribution < 1.29 is 34.7 Å². The maximum atomic E-state index is 11.9. The zero-order chi connectivity index (χ0) is 22.7. The Hall–Kier alpha value is -2.49. The van der Waals surface area contributed by atoms with E-state index in [1.165, 1.54) is 0 Å². The van der Waals surface area contributed by atoms with E-state index in [0.29, 0.717) is 17.7 Å². The average Bonchev–Trinajstić information content (AvgIpc) is 2.79. The van der Waals surface area contributed by atoms with Crippen molar-refractivity contribution in [3.8, 4) is 16.9 Å². The maximum Gasteiger partial charge on any atom is 0.251 e. The number of ether oxygens (including phenoxy) is 2. The summed E-state index contributed by atoms with van der Waals surface area (Å²) in [5.74, 6) is 0.245. The van der Waals surface area contributed by atoms with Crippen LogP contribution in [0.4, 0.5) is 0 Å². The summed E-state index contributed by atoms with van der Waals surface area (Å²) in [6.45, 7) is 3.54. The van der Waals surface area contributed by atoms with Crippen LogP contribution in [0.25, 0.3) is 11.1 Å². The monoisotopic (exact) mass is 431 g/mol. The molecule has 8 nitrogen and oxygen atoms in total. The van der Waals surface area contributed by atoms with E-state index in [2.05, 4.69) is 5.32 Å². The van der Waals surface area contributed by atoms with Crippen molar-refractivity contribution in [1.82, 2.24) is 5.32 Å². The van der Waals surface area contributed by atoms with Gasteiger partial charge >= 0.3 is 0 Å². The highest BCUT2D eigenvalue weighted by Gasteiger charge is 2.47. The number of benzene rings is 2. The number of aryl methyl sites for hydroxylation is 1. The molecule has 1 saturated heterocycles. The fourth-order valence-electron chi connectivity index (χ4n) is 3.59. The van der Waals surface area contributed by atoms with E-state index in [0.717, 1.165) is 16.7 Å². The van der Waals surface area contributed by atoms with E-state index in [1.807, 2.05) is 25.1 Å². The summed E-state index contributed by atoms with van der Waals surface area (Å²) >= 11 is 0. The van der Waals surface area contributed by atoms with Crippen molar-refractivity contribution in [2.24, 2.45) is 0 Å². The van der Waals surface area contributed by atoms with Crippen LogP contribution in [0, 0.1) is 6.92 Å². The first-order valence-electron chi connectivity index (χ1n) is 10.2. The van der Waals surface area contributed by atoms with Crippen LogP contribution in [0.3, 0.4) is 0 Å². The third-order valence-electron chi connectivity index (χ3n) is 5.51. The molecule has 4 unspecified atom stereocenters. The zero-order valence-corrected chi connectivity index (χ0v) is 17.7. The normalized spacial score (nSPS) is 26.9. The molecule has 0 aromatic heterocycles. The van der Waals surface area contributed by atoms with Crippen molar-refractivity contribution in [3.63, 3.8) is 0 Å². The number of carbonyl (C=O) groups excluding carboxylic acids is 1. The van der Waals surface area contributed by atoms with Crippen LogP contribution in [0.5, 0.6) is 5.75 Å². The van der Waals surface area contributed by atoms with Gasteiger partial charge in [-0.15, -0.1) is 0 Å². The van der Waals surface area contributed by atoms with Crippen LogP contribution in [0.1, 0.15) is 29.3 Å². The first-order chi connectivity index (χ1) is 14.8. The number of amides is 1. The number of nitrogens with one attached hydrogen (secondary N) is 1. The van der Waals surface area contributed by atoms with Gasteiger partial charge in [0.1, 0.15) is 30.2 Å². The minimum absolute atomic E-state index is 0.175. The predicted molar refractivity (Wildman–Crippen MR) is 114 cm³/mol. The fraction of sp³-hybridized carbons (Fsp3) is 0.435. The molecular formula is C23H29NO7. The molecule has 0 spiro atoms. The van der Waals surface area contributed by atoms with Gasteiger partial charge < -0.3 is 35.2 Å². The third kappa shape index (κ3) is 4.89. The van der Waals surface area contributed by atoms with Gasteiger partial charge in [0.05, 0.1) is 6.10 Å². The Morgan fingerprint density at radius 1 is 1.10 bits per heavy atom. The molecular weight excluding hydrogens is 402 g/mol. The highest BCUT2D eigenvalue weighted by molar-refractivity contribution is 5.95. The van der Waals surface area contributed by atoms with E-state index in [-0.39, 0.29) is 5.91 Å². The lowest BCUT2D eigenvalue weighted by Gasteiger charge is -2.41. The Balaban J connectivity index is 1.81. The van der Waals surface area contributed by atoms with E-state index in [9.17, 15) is 25.2 Å². The fourth-order valence-corrected chi connectivity index (χ4v) is 3.59. The summed E-state index contributed by atoms with van der Waals surface area (Å²) in [7, 11) is 1.58. The van der Waals surface area contributed by atoms with Gasteiger partial charge in [-0.05, 0) is 54.3 Å². The Morgan fingerprint density at radius 3 is 2.45 bits per heavy atom. The number of aliphatic hydroxyl groups excluding tert-OH is 4. The van der Waals surface area contributed by atoms with Gasteiger partial charge in [0.15, 0.2) is 0 Å². The number of hydrogen-bond donors (Lipinski definition) is 5. The average molecular weight is 431 g/mol. The molecule has 1 aliphatic rings. The van der Waals surface area contributed by atoms with Crippen LogP contribution in [-0.4, -0.2) is 70.2 Å². The lowest BCUT2D eigenvalue weighted by atomic mass is 9.94. The molecule has 0 radical (unpaired) electrons. The molecule has 1 heterocycles. The predicted octanol–water partition coefficient (Wildman–Crippen LogP) is 0.979. The van der Waals surface area contributed by atoms with Crippen LogP contribution in [0.2, 0.25) is 0 Å². The molecule has 0 bridgehead atoms. The topological polar surface area (TPSA) is 128 Å². The summed E-state index contributed by atoms with van der Waals surface area (Å²) in [5.41, 5.74) is 3.02. The Labute approximate surface area is 181 Å². The lowest BCUT2D eigenvalue weighted by Crippen LogP contribution is -2.61. The molecule has 8 heteroatoms. The van der Waals surface area contributed by atoms with Crippen molar-refractivity contribution in [3.05, 3.63) is 53.6 Å². The first-order valence-corrected chi connectivity index (χ1v) is 10.2. The summed E-state index contributed by atoms with van der Waals surface area (Å²) < 4.78 is 11.4. The Morgan fingerprint density at radius 2 is 1.81 bits per heavy atom. The summed E-state index contributed by atoms with van der Waals surface area (Å²) in [6.07, 6.45) is -7.48. The van der Waals surface area contributed by atoms with E-state index in [4.69, 9.17) is 9.47 Å². The van der Waals surface area contributed by atoms with Crippen LogP contribution in [-0.2, 0) is 4.74 Å². The van der Waals surface area contributed by atoms with Gasteiger partial charge in [0.2, 0.25) is 6.29 Å². The second-order valence-corrected chi connectivity index (χ2v) is 7.67. The maximum absolute atomic E-state index is 11.9. The zero-order valence-electron chi connectivity index (χ0n) is 17.7. The second-order valence-electron chi connectivity index (χ2n) is 7.67. The van der Waals surface area contributed by atoms with Crippen LogP contribution < -0.4 is 10.1 Å². The molecule has 0 aliphatic carbocycles. The summed E-state index contributed by atoms with van der Waals surface area (Å²) in [6, 6.07) is 12.6. The Kier molecular flexibility index (Phi) is 7.30. The number of aliphatic hydroxyl groups is 4. The second kappa shape index (κ2) is 9.76.